The molecule has 2 rings (SSSR count). The van der Waals surface area contributed by atoms with Gasteiger partial charge in [-0.05, 0) is 53.0 Å². The summed E-state index contributed by atoms with van der Waals surface area (Å²) in [7, 11) is 1.84. The molecule has 3 nitrogen and oxygen atoms in total. The Morgan fingerprint density at radius 2 is 1.90 bits per heavy atom. The Morgan fingerprint density at radius 1 is 1.24 bits per heavy atom. The van der Waals surface area contributed by atoms with E-state index in [1.807, 2.05) is 51.2 Å². The van der Waals surface area contributed by atoms with Gasteiger partial charge in [-0.2, -0.15) is 0 Å². The lowest BCUT2D eigenvalue weighted by molar-refractivity contribution is -0.128. The molecular weight excluding hydrogens is 348 g/mol. The second-order valence-electron chi connectivity index (χ2n) is 5.08. The first kappa shape index (κ1) is 16.0. The number of carbonyl (C=O) groups is 1. The molecule has 1 heterocycles. The van der Waals surface area contributed by atoms with E-state index in [4.69, 9.17) is 0 Å². The molecule has 1 aromatic carbocycles. The average molecular weight is 367 g/mol. The normalized spacial score (nSPS) is 10.5. The summed E-state index contributed by atoms with van der Waals surface area (Å²) in [6.45, 7) is 5.05. The van der Waals surface area contributed by atoms with Crippen LogP contribution in [0.1, 0.15) is 16.0 Å². The lowest BCUT2D eigenvalue weighted by atomic mass is 10.1. The van der Waals surface area contributed by atoms with E-state index in [9.17, 15) is 4.79 Å². The Balaban J connectivity index is 1.92. The summed E-state index contributed by atoms with van der Waals surface area (Å²) in [5.74, 6) is 0.0853. The highest BCUT2D eigenvalue weighted by Gasteiger charge is 2.11. The summed E-state index contributed by atoms with van der Waals surface area (Å²) >= 11 is 5.09. The molecule has 0 saturated carbocycles. The second-order valence-corrected chi connectivity index (χ2v) is 7.62. The van der Waals surface area contributed by atoms with Gasteiger partial charge < -0.3 is 10.2 Å². The topological polar surface area (TPSA) is 32.3 Å². The van der Waals surface area contributed by atoms with Gasteiger partial charge in [0, 0.05) is 17.6 Å². The zero-order valence-corrected chi connectivity index (χ0v) is 14.8. The number of benzene rings is 1. The summed E-state index contributed by atoms with van der Waals surface area (Å²) in [5.41, 5.74) is 3.37. The van der Waals surface area contributed by atoms with Gasteiger partial charge in [0.1, 0.15) is 0 Å². The highest BCUT2D eigenvalue weighted by Crippen LogP contribution is 2.23. The van der Waals surface area contributed by atoms with Crippen molar-refractivity contribution < 1.29 is 4.79 Å². The summed E-state index contributed by atoms with van der Waals surface area (Å²) in [5, 5.41) is 3.26. The van der Waals surface area contributed by atoms with Crippen molar-refractivity contribution in [1.29, 1.82) is 0 Å². The Bertz CT molecular complexity index is 619. The molecule has 0 spiro atoms. The Kier molecular flexibility index (Phi) is 5.42. The van der Waals surface area contributed by atoms with Gasteiger partial charge in [0.25, 0.3) is 0 Å². The minimum absolute atomic E-state index is 0.0853. The van der Waals surface area contributed by atoms with Gasteiger partial charge >= 0.3 is 0 Å². The fourth-order valence-electron chi connectivity index (χ4n) is 2.15. The average Bonchev–Trinajstić information content (AvgIpc) is 2.83. The number of thiophene rings is 1. The predicted molar refractivity (Wildman–Crippen MR) is 92.9 cm³/mol. The van der Waals surface area contributed by atoms with E-state index < -0.39 is 0 Å². The molecule has 1 N–H and O–H groups in total. The first-order valence-electron chi connectivity index (χ1n) is 6.75. The van der Waals surface area contributed by atoms with E-state index in [0.29, 0.717) is 13.1 Å². The maximum absolute atomic E-state index is 12.2. The van der Waals surface area contributed by atoms with E-state index >= 15 is 0 Å². The van der Waals surface area contributed by atoms with Gasteiger partial charge in [-0.1, -0.05) is 18.2 Å². The van der Waals surface area contributed by atoms with E-state index in [2.05, 4.69) is 21.2 Å². The van der Waals surface area contributed by atoms with Gasteiger partial charge in [-0.15, -0.1) is 11.3 Å². The fraction of sp³-hybridized carbons (Fsp3) is 0.312. The molecule has 0 bridgehead atoms. The van der Waals surface area contributed by atoms with Crippen molar-refractivity contribution in [3.05, 3.63) is 50.1 Å². The van der Waals surface area contributed by atoms with Crippen LogP contribution in [0.15, 0.2) is 34.1 Å². The highest BCUT2D eigenvalue weighted by molar-refractivity contribution is 9.11. The van der Waals surface area contributed by atoms with Crippen LogP contribution in [0.2, 0.25) is 0 Å². The van der Waals surface area contributed by atoms with Gasteiger partial charge in [0.05, 0.1) is 16.9 Å². The van der Waals surface area contributed by atoms with E-state index in [1.165, 1.54) is 4.88 Å². The van der Waals surface area contributed by atoms with Gasteiger partial charge in [0.15, 0.2) is 0 Å². The molecule has 0 saturated heterocycles. The molecule has 0 fully saturated rings. The number of likely N-dealkylation sites (N-methyl/N-ethyl adjacent to an activating group) is 1. The first-order valence-corrected chi connectivity index (χ1v) is 8.36. The van der Waals surface area contributed by atoms with Crippen LogP contribution in [0.4, 0.5) is 5.69 Å². The number of carbonyl (C=O) groups excluding carboxylic acids is 1. The minimum Gasteiger partial charge on any atom is -0.376 e. The summed E-state index contributed by atoms with van der Waals surface area (Å²) in [6, 6.07) is 10.2. The zero-order chi connectivity index (χ0) is 15.4. The molecular formula is C16H19BrN2OS. The van der Waals surface area contributed by atoms with Crippen LogP contribution in [0.25, 0.3) is 0 Å². The molecule has 0 atom stereocenters. The molecule has 1 amide bonds. The number of rotatable bonds is 5. The van der Waals surface area contributed by atoms with E-state index in [1.54, 1.807) is 16.2 Å². The molecule has 5 heteroatoms. The van der Waals surface area contributed by atoms with Gasteiger partial charge in [-0.3, -0.25) is 4.79 Å². The lowest BCUT2D eigenvalue weighted by Crippen LogP contribution is -2.31. The second kappa shape index (κ2) is 7.09. The molecule has 1 aromatic heterocycles. The number of aryl methyl sites for hydroxylation is 2. The van der Waals surface area contributed by atoms with Crippen molar-refractivity contribution in [2.45, 2.75) is 20.4 Å². The quantitative estimate of drug-likeness (QED) is 0.859. The molecule has 0 aliphatic rings. The number of halogens is 1. The third-order valence-electron chi connectivity index (χ3n) is 3.35. The standard InChI is InChI=1S/C16H19BrN2OS/c1-11-5-4-6-12(2)16(11)18-9-15(20)19(3)10-13-7-8-14(17)21-13/h4-8,18H,9-10H2,1-3H3. The molecule has 2 aromatic rings. The van der Waals surface area contributed by atoms with Crippen molar-refractivity contribution in [2.24, 2.45) is 0 Å². The van der Waals surface area contributed by atoms with Crippen LogP contribution < -0.4 is 5.32 Å². The number of hydrogen-bond donors (Lipinski definition) is 1. The smallest absolute Gasteiger partial charge is 0.241 e. The third-order valence-corrected chi connectivity index (χ3v) is 4.95. The number of nitrogens with one attached hydrogen (secondary N) is 1. The van der Waals surface area contributed by atoms with Crippen LogP contribution in [-0.4, -0.2) is 24.4 Å². The number of amides is 1. The maximum Gasteiger partial charge on any atom is 0.241 e. The Labute approximate surface area is 138 Å². The summed E-state index contributed by atoms with van der Waals surface area (Å²) in [6.07, 6.45) is 0. The number of hydrogen-bond acceptors (Lipinski definition) is 3. The zero-order valence-electron chi connectivity index (χ0n) is 12.4. The van der Waals surface area contributed by atoms with E-state index in [0.717, 1.165) is 20.6 Å². The molecule has 21 heavy (non-hydrogen) atoms. The van der Waals surface area contributed by atoms with Crippen molar-refractivity contribution in [1.82, 2.24) is 4.90 Å². The van der Waals surface area contributed by atoms with Crippen LogP contribution in [0.5, 0.6) is 0 Å². The third kappa shape index (κ3) is 4.32. The molecule has 112 valence electrons. The SMILES string of the molecule is Cc1cccc(C)c1NCC(=O)N(C)Cc1ccc(Br)s1. The van der Waals surface area contributed by atoms with Crippen LogP contribution in [0.3, 0.4) is 0 Å². The fourth-order valence-corrected chi connectivity index (χ4v) is 3.69. The molecule has 0 aliphatic heterocycles. The maximum atomic E-state index is 12.2. The molecule has 0 unspecified atom stereocenters. The highest BCUT2D eigenvalue weighted by atomic mass is 79.9. The van der Waals surface area contributed by atoms with Crippen LogP contribution >= 0.6 is 27.3 Å². The van der Waals surface area contributed by atoms with Crippen molar-refractivity contribution in [2.75, 3.05) is 18.9 Å². The van der Waals surface area contributed by atoms with Crippen molar-refractivity contribution in [3.8, 4) is 0 Å². The van der Waals surface area contributed by atoms with Crippen LogP contribution in [0, 0.1) is 13.8 Å². The molecule has 0 radical (unpaired) electrons. The summed E-state index contributed by atoms with van der Waals surface area (Å²) < 4.78 is 1.09. The Hall–Kier alpha value is -1.33. The van der Waals surface area contributed by atoms with E-state index in [-0.39, 0.29) is 5.91 Å². The number of anilines is 1. The van der Waals surface area contributed by atoms with Gasteiger partial charge in [-0.25, -0.2) is 0 Å². The minimum atomic E-state index is 0.0853. The largest absolute Gasteiger partial charge is 0.376 e. The number of nitrogens with zero attached hydrogens (tertiary/aromatic N) is 1. The van der Waals surface area contributed by atoms with Gasteiger partial charge in [0.2, 0.25) is 5.91 Å². The molecule has 0 aliphatic carbocycles. The Morgan fingerprint density at radius 3 is 2.48 bits per heavy atom. The van der Waals surface area contributed by atoms with Crippen molar-refractivity contribution >= 4 is 38.9 Å². The number of para-hydroxylation sites is 1. The van der Waals surface area contributed by atoms with Crippen LogP contribution in [-0.2, 0) is 11.3 Å². The summed E-state index contributed by atoms with van der Waals surface area (Å²) in [4.78, 5) is 15.1. The predicted octanol–water partition coefficient (Wildman–Crippen LogP) is 4.20. The monoisotopic (exact) mass is 366 g/mol. The first-order chi connectivity index (χ1) is 9.97. The van der Waals surface area contributed by atoms with Crippen molar-refractivity contribution in [3.63, 3.8) is 0 Å². The lowest BCUT2D eigenvalue weighted by Gasteiger charge is -2.18.